The summed E-state index contributed by atoms with van der Waals surface area (Å²) in [5.41, 5.74) is 4.92. The summed E-state index contributed by atoms with van der Waals surface area (Å²) < 4.78 is 0. The fourth-order valence-electron chi connectivity index (χ4n) is 1.04. The number of imide groups is 1. The molecule has 4 heteroatoms. The average Bonchev–Trinajstić information content (AvgIpc) is 2.14. The number of rotatable bonds is 0. The van der Waals surface area contributed by atoms with E-state index in [0.29, 0.717) is 6.54 Å². The first kappa shape index (κ1) is 7.05. The lowest BCUT2D eigenvalue weighted by atomic mass is 10.1. The van der Waals surface area contributed by atoms with Gasteiger partial charge in [-0.2, -0.15) is 0 Å². The highest BCUT2D eigenvalue weighted by molar-refractivity contribution is 5.96. The zero-order valence-corrected chi connectivity index (χ0v) is 5.83. The normalized spacial score (nSPS) is 25.5. The van der Waals surface area contributed by atoms with Gasteiger partial charge < -0.3 is 5.73 Å². The van der Waals surface area contributed by atoms with E-state index in [0.717, 1.165) is 11.3 Å². The van der Waals surface area contributed by atoms with Crippen molar-refractivity contribution in [2.75, 3.05) is 6.54 Å². The van der Waals surface area contributed by atoms with E-state index in [1.807, 2.05) is 0 Å². The van der Waals surface area contributed by atoms with Gasteiger partial charge in [0.1, 0.15) is 0 Å². The molecule has 1 aliphatic heterocycles. The van der Waals surface area contributed by atoms with Crippen molar-refractivity contribution in [2.24, 2.45) is 11.7 Å². The van der Waals surface area contributed by atoms with E-state index in [4.69, 9.17) is 5.73 Å². The maximum Gasteiger partial charge on any atom is 0.321 e. The molecule has 0 bridgehead atoms. The number of hydrogen-bond donors (Lipinski definition) is 1. The van der Waals surface area contributed by atoms with Crippen molar-refractivity contribution in [3.05, 3.63) is 0 Å². The lowest BCUT2D eigenvalue weighted by Crippen LogP contribution is -2.37. The molecule has 4 nitrogen and oxygen atoms in total. The van der Waals surface area contributed by atoms with Gasteiger partial charge in [0.2, 0.25) is 5.91 Å². The van der Waals surface area contributed by atoms with Crippen molar-refractivity contribution < 1.29 is 9.59 Å². The number of nitrogens with zero attached hydrogens (tertiary/aromatic N) is 1. The van der Waals surface area contributed by atoms with E-state index in [1.165, 1.54) is 0 Å². The quantitative estimate of drug-likeness (QED) is 0.514. The minimum atomic E-state index is -0.630. The predicted octanol–water partition coefficient (Wildman–Crippen LogP) is -0.0665. The van der Waals surface area contributed by atoms with E-state index in [-0.39, 0.29) is 11.8 Å². The number of urea groups is 1. The van der Waals surface area contributed by atoms with Gasteiger partial charge in [-0.05, 0) is 6.42 Å². The van der Waals surface area contributed by atoms with Crippen LogP contribution in [0.2, 0.25) is 0 Å². The molecular formula is C6H10N2O2. The maximum absolute atomic E-state index is 11.0. The topological polar surface area (TPSA) is 63.4 Å². The third-order valence-corrected chi connectivity index (χ3v) is 1.74. The summed E-state index contributed by atoms with van der Waals surface area (Å²) in [6.07, 6.45) is 0.738. The molecule has 10 heavy (non-hydrogen) atoms. The van der Waals surface area contributed by atoms with Gasteiger partial charge in [0, 0.05) is 12.5 Å². The highest BCUT2D eigenvalue weighted by atomic mass is 16.2. The molecule has 0 saturated carbocycles. The molecule has 56 valence electrons. The molecule has 1 fully saturated rings. The molecule has 1 aliphatic rings. The van der Waals surface area contributed by atoms with E-state index in [2.05, 4.69) is 0 Å². The molecule has 1 saturated heterocycles. The lowest BCUT2D eigenvalue weighted by molar-refractivity contribution is -0.127. The second-order valence-electron chi connectivity index (χ2n) is 2.52. The van der Waals surface area contributed by atoms with Crippen molar-refractivity contribution in [3.8, 4) is 0 Å². The Bertz CT molecular complexity index is 179. The van der Waals surface area contributed by atoms with Crippen molar-refractivity contribution in [3.63, 3.8) is 0 Å². The summed E-state index contributed by atoms with van der Waals surface area (Å²) in [6.45, 7) is 2.28. The van der Waals surface area contributed by atoms with Gasteiger partial charge in [-0.25, -0.2) is 4.79 Å². The van der Waals surface area contributed by atoms with Crippen LogP contribution in [0.25, 0.3) is 0 Å². The largest absolute Gasteiger partial charge is 0.351 e. The van der Waals surface area contributed by atoms with E-state index >= 15 is 0 Å². The average molecular weight is 142 g/mol. The molecule has 0 aliphatic carbocycles. The molecule has 1 heterocycles. The number of hydrogen-bond acceptors (Lipinski definition) is 2. The standard InChI is InChI=1S/C6H10N2O2/c1-4-2-3-8(5(4)9)6(7)10/h4H,2-3H2,1H3,(H2,7,10)/t4-/m0/s1. The third-order valence-electron chi connectivity index (χ3n) is 1.74. The van der Waals surface area contributed by atoms with Crippen LogP contribution in [0.1, 0.15) is 13.3 Å². The first-order valence-electron chi connectivity index (χ1n) is 3.23. The number of carbonyl (C=O) groups excluding carboxylic acids is 2. The lowest BCUT2D eigenvalue weighted by Gasteiger charge is -2.08. The van der Waals surface area contributed by atoms with E-state index in [1.54, 1.807) is 6.92 Å². The van der Waals surface area contributed by atoms with Crippen LogP contribution in [0.5, 0.6) is 0 Å². The Morgan fingerprint density at radius 1 is 1.80 bits per heavy atom. The van der Waals surface area contributed by atoms with Crippen LogP contribution in [0.15, 0.2) is 0 Å². The molecule has 0 radical (unpaired) electrons. The first-order valence-corrected chi connectivity index (χ1v) is 3.23. The van der Waals surface area contributed by atoms with Gasteiger partial charge in [0.25, 0.3) is 0 Å². The molecule has 1 rings (SSSR count). The first-order chi connectivity index (χ1) is 4.63. The Balaban J connectivity index is 2.66. The van der Waals surface area contributed by atoms with Gasteiger partial charge in [0.05, 0.1) is 0 Å². The highest BCUT2D eigenvalue weighted by Crippen LogP contribution is 2.15. The van der Waals surface area contributed by atoms with Gasteiger partial charge in [0.15, 0.2) is 0 Å². The molecule has 0 spiro atoms. The van der Waals surface area contributed by atoms with Crippen LogP contribution in [-0.4, -0.2) is 23.4 Å². The van der Waals surface area contributed by atoms with Crippen molar-refractivity contribution in [1.29, 1.82) is 0 Å². The summed E-state index contributed by atoms with van der Waals surface area (Å²) >= 11 is 0. The number of amides is 3. The van der Waals surface area contributed by atoms with Crippen molar-refractivity contribution in [2.45, 2.75) is 13.3 Å². The van der Waals surface area contributed by atoms with Gasteiger partial charge >= 0.3 is 6.03 Å². The van der Waals surface area contributed by atoms with Crippen LogP contribution in [0.3, 0.4) is 0 Å². The van der Waals surface area contributed by atoms with Gasteiger partial charge in [-0.1, -0.05) is 6.92 Å². The molecule has 1 atom stereocenters. The Labute approximate surface area is 59.0 Å². The minimum absolute atomic E-state index is 0.0347. The molecule has 0 unspecified atom stereocenters. The zero-order valence-electron chi connectivity index (χ0n) is 5.83. The summed E-state index contributed by atoms with van der Waals surface area (Å²) in [7, 11) is 0. The second kappa shape index (κ2) is 2.28. The zero-order chi connectivity index (χ0) is 7.72. The molecule has 0 aromatic heterocycles. The Kier molecular flexibility index (Phi) is 1.61. The number of nitrogens with two attached hydrogens (primary N) is 1. The molecule has 0 aromatic rings. The fraction of sp³-hybridized carbons (Fsp3) is 0.667. The Morgan fingerprint density at radius 2 is 2.40 bits per heavy atom. The van der Waals surface area contributed by atoms with Crippen molar-refractivity contribution in [1.82, 2.24) is 4.90 Å². The number of primary amides is 1. The Hall–Kier alpha value is -1.06. The minimum Gasteiger partial charge on any atom is -0.351 e. The van der Waals surface area contributed by atoms with Crippen LogP contribution >= 0.6 is 0 Å². The number of carbonyl (C=O) groups is 2. The summed E-state index contributed by atoms with van der Waals surface area (Å²) in [4.78, 5) is 22.5. The van der Waals surface area contributed by atoms with Crippen LogP contribution in [0.4, 0.5) is 4.79 Å². The predicted molar refractivity (Wildman–Crippen MR) is 35.1 cm³/mol. The van der Waals surface area contributed by atoms with Crippen LogP contribution in [0, 0.1) is 5.92 Å². The summed E-state index contributed by atoms with van der Waals surface area (Å²) in [5, 5.41) is 0. The smallest absolute Gasteiger partial charge is 0.321 e. The SMILES string of the molecule is C[C@H]1CCN(C(N)=O)C1=O. The molecule has 3 amide bonds. The van der Waals surface area contributed by atoms with E-state index < -0.39 is 6.03 Å². The van der Waals surface area contributed by atoms with Crippen molar-refractivity contribution >= 4 is 11.9 Å². The molecule has 2 N–H and O–H groups in total. The number of likely N-dealkylation sites (tertiary alicyclic amines) is 1. The highest BCUT2D eigenvalue weighted by Gasteiger charge is 2.30. The van der Waals surface area contributed by atoms with Crippen LogP contribution < -0.4 is 5.73 Å². The van der Waals surface area contributed by atoms with Gasteiger partial charge in [-0.15, -0.1) is 0 Å². The van der Waals surface area contributed by atoms with E-state index in [9.17, 15) is 9.59 Å². The van der Waals surface area contributed by atoms with Gasteiger partial charge in [-0.3, -0.25) is 9.69 Å². The summed E-state index contributed by atoms with van der Waals surface area (Å²) in [6, 6.07) is -0.630. The Morgan fingerprint density at radius 3 is 2.60 bits per heavy atom. The molecular weight excluding hydrogens is 132 g/mol. The monoisotopic (exact) mass is 142 g/mol. The van der Waals surface area contributed by atoms with Crippen LogP contribution in [-0.2, 0) is 4.79 Å². The third kappa shape index (κ3) is 0.964. The second-order valence-corrected chi connectivity index (χ2v) is 2.52. The maximum atomic E-state index is 11.0. The fourth-order valence-corrected chi connectivity index (χ4v) is 1.04. The molecule has 0 aromatic carbocycles. The summed E-state index contributed by atoms with van der Waals surface area (Å²) in [5.74, 6) is -0.181.